The van der Waals surface area contributed by atoms with E-state index in [1.807, 2.05) is 36.4 Å². The Morgan fingerprint density at radius 3 is 2.80 bits per heavy atom. The molecule has 78 valence electrons. The number of rotatable bonds is 1. The van der Waals surface area contributed by atoms with Crippen LogP contribution < -0.4 is 5.32 Å². The van der Waals surface area contributed by atoms with Gasteiger partial charge in [-0.25, -0.2) is 4.79 Å². The molecule has 15 heavy (non-hydrogen) atoms. The Labute approximate surface area is 89.4 Å². The van der Waals surface area contributed by atoms with Gasteiger partial charge in [0, 0.05) is 13.6 Å². The van der Waals surface area contributed by atoms with E-state index >= 15 is 0 Å². The van der Waals surface area contributed by atoms with Crippen molar-refractivity contribution in [3.63, 3.8) is 0 Å². The van der Waals surface area contributed by atoms with Gasteiger partial charge in [-0.2, -0.15) is 0 Å². The van der Waals surface area contributed by atoms with E-state index < -0.39 is 0 Å². The van der Waals surface area contributed by atoms with Gasteiger partial charge < -0.3 is 10.2 Å². The van der Waals surface area contributed by atoms with Crippen LogP contribution in [0.25, 0.3) is 0 Å². The molecule has 1 heterocycles. The lowest BCUT2D eigenvalue weighted by Gasteiger charge is -2.24. The normalized spacial score (nSPS) is 19.3. The van der Waals surface area contributed by atoms with Crippen LogP contribution in [-0.4, -0.2) is 24.5 Å². The van der Waals surface area contributed by atoms with E-state index in [1.54, 1.807) is 11.9 Å². The number of hydrogen-bond acceptors (Lipinski definition) is 1. The molecule has 0 saturated carbocycles. The van der Waals surface area contributed by atoms with E-state index in [4.69, 9.17) is 0 Å². The first kappa shape index (κ1) is 9.77. The van der Waals surface area contributed by atoms with Crippen LogP contribution in [0.2, 0.25) is 0 Å². The molecule has 1 N–H and O–H groups in total. The summed E-state index contributed by atoms with van der Waals surface area (Å²) in [4.78, 5) is 13.4. The number of nitrogens with one attached hydrogen (secondary N) is 1. The average Bonchev–Trinajstić information content (AvgIpc) is 2.78. The third kappa shape index (κ3) is 1.86. The van der Waals surface area contributed by atoms with Crippen molar-refractivity contribution in [2.24, 2.45) is 0 Å². The minimum Gasteiger partial charge on any atom is -0.341 e. The third-order valence-electron chi connectivity index (χ3n) is 2.57. The maximum Gasteiger partial charge on any atom is 0.318 e. The lowest BCUT2D eigenvalue weighted by Crippen LogP contribution is -2.37. The molecule has 1 unspecified atom stereocenters. The summed E-state index contributed by atoms with van der Waals surface area (Å²) < 4.78 is 0. The first-order chi connectivity index (χ1) is 7.33. The molecule has 0 saturated heterocycles. The van der Waals surface area contributed by atoms with Crippen molar-refractivity contribution < 1.29 is 4.79 Å². The molecule has 1 aliphatic rings. The number of urea groups is 1. The lowest BCUT2D eigenvalue weighted by molar-refractivity contribution is 0.199. The smallest absolute Gasteiger partial charge is 0.318 e. The van der Waals surface area contributed by atoms with Crippen molar-refractivity contribution in [3.8, 4) is 0 Å². The molecule has 0 aromatic heterocycles. The maximum atomic E-state index is 11.6. The van der Waals surface area contributed by atoms with Gasteiger partial charge in [-0.05, 0) is 5.56 Å². The number of carbonyl (C=O) groups is 1. The largest absolute Gasteiger partial charge is 0.341 e. The van der Waals surface area contributed by atoms with Crippen LogP contribution in [0, 0.1) is 0 Å². The summed E-state index contributed by atoms with van der Waals surface area (Å²) in [6.07, 6.45) is 4.08. The summed E-state index contributed by atoms with van der Waals surface area (Å²) in [5.41, 5.74) is 1.15. The topological polar surface area (TPSA) is 32.3 Å². The molecular weight excluding hydrogens is 188 g/mol. The maximum absolute atomic E-state index is 11.6. The first-order valence-electron chi connectivity index (χ1n) is 5.03. The third-order valence-corrected chi connectivity index (χ3v) is 2.57. The van der Waals surface area contributed by atoms with Crippen molar-refractivity contribution in [2.75, 3.05) is 13.6 Å². The molecule has 1 atom stereocenters. The van der Waals surface area contributed by atoms with E-state index in [-0.39, 0.29) is 12.1 Å². The Morgan fingerprint density at radius 1 is 1.40 bits per heavy atom. The molecule has 1 aliphatic heterocycles. The Bertz CT molecular complexity index is 372. The molecule has 0 bridgehead atoms. The van der Waals surface area contributed by atoms with Gasteiger partial charge >= 0.3 is 6.03 Å². The minimum absolute atomic E-state index is 0.0335. The highest BCUT2D eigenvalue weighted by Crippen LogP contribution is 2.26. The summed E-state index contributed by atoms with van der Waals surface area (Å²) in [5.74, 6) is 0. The van der Waals surface area contributed by atoms with E-state index in [2.05, 4.69) is 11.4 Å². The molecule has 3 heteroatoms. The van der Waals surface area contributed by atoms with Gasteiger partial charge in [0.05, 0.1) is 6.04 Å². The molecule has 1 aromatic rings. The molecule has 3 nitrogen and oxygen atoms in total. The Balaban J connectivity index is 2.22. The van der Waals surface area contributed by atoms with Crippen LogP contribution in [0.15, 0.2) is 42.5 Å². The second kappa shape index (κ2) is 4.17. The molecule has 2 rings (SSSR count). The number of hydrogen-bond donors (Lipinski definition) is 1. The molecule has 0 fully saturated rings. The SMILES string of the molecule is CNC(=O)N1CC=CC1c1ccccc1. The van der Waals surface area contributed by atoms with Crippen molar-refractivity contribution in [1.29, 1.82) is 0 Å². The van der Waals surface area contributed by atoms with Crippen LogP contribution in [-0.2, 0) is 0 Å². The monoisotopic (exact) mass is 202 g/mol. The van der Waals surface area contributed by atoms with Crippen molar-refractivity contribution in [3.05, 3.63) is 48.0 Å². The summed E-state index contributed by atoms with van der Waals surface area (Å²) in [7, 11) is 1.66. The Morgan fingerprint density at radius 2 is 2.13 bits per heavy atom. The van der Waals surface area contributed by atoms with E-state index in [0.717, 1.165) is 5.56 Å². The van der Waals surface area contributed by atoms with Gasteiger partial charge in [0.25, 0.3) is 0 Å². The molecule has 0 radical (unpaired) electrons. The van der Waals surface area contributed by atoms with Gasteiger partial charge in [-0.1, -0.05) is 42.5 Å². The van der Waals surface area contributed by atoms with E-state index in [0.29, 0.717) is 6.54 Å². The summed E-state index contributed by atoms with van der Waals surface area (Å²) in [6.45, 7) is 0.680. The molecule has 2 amide bonds. The van der Waals surface area contributed by atoms with Gasteiger partial charge in [-0.3, -0.25) is 0 Å². The van der Waals surface area contributed by atoms with Crippen molar-refractivity contribution in [2.45, 2.75) is 6.04 Å². The van der Waals surface area contributed by atoms with Gasteiger partial charge in [0.15, 0.2) is 0 Å². The standard InChI is InChI=1S/C12H14N2O/c1-13-12(15)14-9-5-8-11(14)10-6-3-2-4-7-10/h2-8,11H,9H2,1H3,(H,13,15). The molecule has 1 aromatic carbocycles. The minimum atomic E-state index is -0.0335. The van der Waals surface area contributed by atoms with Gasteiger partial charge in [-0.15, -0.1) is 0 Å². The predicted octanol–water partition coefficient (Wildman–Crippen LogP) is 1.94. The van der Waals surface area contributed by atoms with Crippen LogP contribution in [0.3, 0.4) is 0 Å². The highest BCUT2D eigenvalue weighted by Gasteiger charge is 2.24. The second-order valence-corrected chi connectivity index (χ2v) is 3.49. The fraction of sp³-hybridized carbons (Fsp3) is 0.250. The van der Waals surface area contributed by atoms with E-state index in [9.17, 15) is 4.79 Å². The quantitative estimate of drug-likeness (QED) is 0.693. The molecule has 0 spiro atoms. The Kier molecular flexibility index (Phi) is 2.72. The lowest BCUT2D eigenvalue weighted by atomic mass is 10.1. The van der Waals surface area contributed by atoms with Crippen LogP contribution >= 0.6 is 0 Å². The fourth-order valence-corrected chi connectivity index (χ4v) is 1.81. The van der Waals surface area contributed by atoms with Gasteiger partial charge in [0.1, 0.15) is 0 Å². The molecular formula is C12H14N2O. The zero-order chi connectivity index (χ0) is 10.7. The first-order valence-corrected chi connectivity index (χ1v) is 5.03. The fourth-order valence-electron chi connectivity index (χ4n) is 1.81. The summed E-state index contributed by atoms with van der Waals surface area (Å²) >= 11 is 0. The predicted molar refractivity (Wildman–Crippen MR) is 59.5 cm³/mol. The highest BCUT2D eigenvalue weighted by molar-refractivity contribution is 5.75. The number of amides is 2. The van der Waals surface area contributed by atoms with E-state index in [1.165, 1.54) is 0 Å². The zero-order valence-corrected chi connectivity index (χ0v) is 8.68. The van der Waals surface area contributed by atoms with Crippen molar-refractivity contribution >= 4 is 6.03 Å². The Hall–Kier alpha value is -1.77. The number of carbonyl (C=O) groups excluding carboxylic acids is 1. The number of benzene rings is 1. The molecule has 0 aliphatic carbocycles. The average molecular weight is 202 g/mol. The zero-order valence-electron chi connectivity index (χ0n) is 8.68. The van der Waals surface area contributed by atoms with Crippen LogP contribution in [0.1, 0.15) is 11.6 Å². The van der Waals surface area contributed by atoms with Gasteiger partial charge in [0.2, 0.25) is 0 Å². The summed E-state index contributed by atoms with van der Waals surface area (Å²) in [6, 6.07) is 10.1. The highest BCUT2D eigenvalue weighted by atomic mass is 16.2. The van der Waals surface area contributed by atoms with Crippen LogP contribution in [0.4, 0.5) is 4.79 Å². The van der Waals surface area contributed by atoms with Crippen LogP contribution in [0.5, 0.6) is 0 Å². The number of nitrogens with zero attached hydrogens (tertiary/aromatic N) is 1. The summed E-state index contributed by atoms with van der Waals surface area (Å²) in [5, 5.41) is 2.65. The second-order valence-electron chi connectivity index (χ2n) is 3.49. The van der Waals surface area contributed by atoms with Crippen molar-refractivity contribution in [1.82, 2.24) is 10.2 Å².